The van der Waals surface area contributed by atoms with Crippen LogP contribution in [0.25, 0.3) is 10.2 Å². The van der Waals surface area contributed by atoms with Crippen molar-refractivity contribution >= 4 is 38.3 Å². The van der Waals surface area contributed by atoms with Gasteiger partial charge in [0.1, 0.15) is 17.0 Å². The zero-order valence-electron chi connectivity index (χ0n) is 14.2. The van der Waals surface area contributed by atoms with Crippen molar-refractivity contribution in [1.82, 2.24) is 4.98 Å². The molecule has 8 nitrogen and oxygen atoms in total. The summed E-state index contributed by atoms with van der Waals surface area (Å²) in [5, 5.41) is 14.1. The Balaban J connectivity index is 1.95. The van der Waals surface area contributed by atoms with Crippen LogP contribution in [0.3, 0.4) is 0 Å². The second-order valence-corrected chi connectivity index (χ2v) is 6.39. The molecule has 0 atom stereocenters. The minimum atomic E-state index is -0.513. The van der Waals surface area contributed by atoms with E-state index in [9.17, 15) is 14.9 Å². The monoisotopic (exact) mass is 373 g/mol. The summed E-state index contributed by atoms with van der Waals surface area (Å²) in [6, 6.07) is 7.88. The summed E-state index contributed by atoms with van der Waals surface area (Å²) in [5.74, 6) is 0.684. The van der Waals surface area contributed by atoms with Crippen LogP contribution < -0.4 is 14.8 Å². The van der Waals surface area contributed by atoms with Crippen LogP contribution in [0.2, 0.25) is 0 Å². The molecular formula is C17H15N3O5S. The predicted molar refractivity (Wildman–Crippen MR) is 98.5 cm³/mol. The van der Waals surface area contributed by atoms with Gasteiger partial charge in [-0.3, -0.25) is 20.2 Å². The van der Waals surface area contributed by atoms with Gasteiger partial charge in [0.25, 0.3) is 11.6 Å². The second-order valence-electron chi connectivity index (χ2n) is 5.36. The highest BCUT2D eigenvalue weighted by Crippen LogP contribution is 2.36. The fourth-order valence-electron chi connectivity index (χ4n) is 2.53. The minimum Gasteiger partial charge on any atom is -0.497 e. The summed E-state index contributed by atoms with van der Waals surface area (Å²) in [6.45, 7) is 1.54. The lowest BCUT2D eigenvalue weighted by Crippen LogP contribution is -2.13. The van der Waals surface area contributed by atoms with Gasteiger partial charge in [-0.1, -0.05) is 17.4 Å². The molecule has 0 fully saturated rings. The third-order valence-corrected chi connectivity index (χ3v) is 4.77. The molecule has 9 heteroatoms. The van der Waals surface area contributed by atoms with Gasteiger partial charge in [0.05, 0.1) is 23.8 Å². The highest BCUT2D eigenvalue weighted by atomic mass is 32.1. The number of ether oxygens (including phenoxy) is 2. The van der Waals surface area contributed by atoms with Crippen molar-refractivity contribution < 1.29 is 19.2 Å². The molecule has 3 aromatic rings. The van der Waals surface area contributed by atoms with Crippen molar-refractivity contribution in [3.8, 4) is 11.5 Å². The Morgan fingerprint density at radius 2 is 2.04 bits per heavy atom. The van der Waals surface area contributed by atoms with E-state index in [4.69, 9.17) is 9.47 Å². The van der Waals surface area contributed by atoms with E-state index in [0.29, 0.717) is 27.7 Å². The zero-order valence-corrected chi connectivity index (χ0v) is 15.0. The molecule has 0 saturated heterocycles. The Morgan fingerprint density at radius 3 is 2.69 bits per heavy atom. The van der Waals surface area contributed by atoms with E-state index >= 15 is 0 Å². The molecule has 0 aliphatic heterocycles. The molecule has 1 N–H and O–H groups in total. The van der Waals surface area contributed by atoms with Crippen LogP contribution in [0.15, 0.2) is 30.3 Å². The molecule has 0 unspecified atom stereocenters. The number of methoxy groups -OCH3 is 2. The van der Waals surface area contributed by atoms with Gasteiger partial charge < -0.3 is 9.47 Å². The fourth-order valence-corrected chi connectivity index (χ4v) is 3.44. The zero-order chi connectivity index (χ0) is 18.8. The molecular weight excluding hydrogens is 358 g/mol. The summed E-state index contributed by atoms with van der Waals surface area (Å²) in [7, 11) is 3.08. The predicted octanol–water partition coefficient (Wildman–Crippen LogP) is 3.78. The number of hydrogen-bond donors (Lipinski definition) is 1. The van der Waals surface area contributed by atoms with Crippen LogP contribution in [0.4, 0.5) is 10.8 Å². The molecule has 3 rings (SSSR count). The van der Waals surface area contributed by atoms with Crippen LogP contribution >= 0.6 is 11.3 Å². The quantitative estimate of drug-likeness (QED) is 0.539. The number of fused-ring (bicyclic) bond motifs is 1. The largest absolute Gasteiger partial charge is 0.497 e. The van der Waals surface area contributed by atoms with E-state index in [-0.39, 0.29) is 11.3 Å². The number of carbonyl (C=O) groups is 1. The first-order chi connectivity index (χ1) is 12.4. The van der Waals surface area contributed by atoms with Crippen molar-refractivity contribution in [2.45, 2.75) is 6.92 Å². The SMILES string of the molecule is COc1cc(OC)c2nc(NC(=O)c3cccc([N+](=O)[O-])c3C)sc2c1. The van der Waals surface area contributed by atoms with Crippen LogP contribution in [-0.2, 0) is 0 Å². The molecule has 0 radical (unpaired) electrons. The van der Waals surface area contributed by atoms with Crippen LogP contribution in [0.1, 0.15) is 15.9 Å². The maximum absolute atomic E-state index is 12.5. The number of benzene rings is 2. The van der Waals surface area contributed by atoms with Gasteiger partial charge in [0.15, 0.2) is 5.13 Å². The van der Waals surface area contributed by atoms with Gasteiger partial charge in [-0.05, 0) is 19.1 Å². The van der Waals surface area contributed by atoms with Crippen LogP contribution in [0.5, 0.6) is 11.5 Å². The fraction of sp³-hybridized carbons (Fsp3) is 0.176. The molecule has 0 aliphatic rings. The lowest BCUT2D eigenvalue weighted by atomic mass is 10.1. The van der Waals surface area contributed by atoms with Gasteiger partial charge in [-0.15, -0.1) is 0 Å². The number of amides is 1. The summed E-state index contributed by atoms with van der Waals surface area (Å²) >= 11 is 1.26. The summed E-state index contributed by atoms with van der Waals surface area (Å²) in [4.78, 5) is 27.5. The number of anilines is 1. The topological polar surface area (TPSA) is 104 Å². The summed E-state index contributed by atoms with van der Waals surface area (Å²) in [6.07, 6.45) is 0. The molecule has 26 heavy (non-hydrogen) atoms. The Morgan fingerprint density at radius 1 is 1.27 bits per heavy atom. The van der Waals surface area contributed by atoms with Crippen molar-refractivity contribution in [1.29, 1.82) is 0 Å². The van der Waals surface area contributed by atoms with Gasteiger partial charge in [0.2, 0.25) is 0 Å². The van der Waals surface area contributed by atoms with E-state index in [1.165, 1.54) is 36.6 Å². The highest BCUT2D eigenvalue weighted by molar-refractivity contribution is 7.22. The normalized spacial score (nSPS) is 10.6. The van der Waals surface area contributed by atoms with Crippen molar-refractivity contribution in [3.05, 3.63) is 51.6 Å². The smallest absolute Gasteiger partial charge is 0.273 e. The Bertz CT molecular complexity index is 1020. The Kier molecular flexibility index (Phi) is 4.72. The van der Waals surface area contributed by atoms with E-state index in [0.717, 1.165) is 4.70 Å². The number of nitrogens with zero attached hydrogens (tertiary/aromatic N) is 2. The van der Waals surface area contributed by atoms with Gasteiger partial charge >= 0.3 is 0 Å². The Hall–Kier alpha value is -3.20. The lowest BCUT2D eigenvalue weighted by molar-refractivity contribution is -0.385. The second kappa shape index (κ2) is 6.96. The third-order valence-electron chi connectivity index (χ3n) is 3.86. The molecule has 2 aromatic carbocycles. The molecule has 134 valence electrons. The van der Waals surface area contributed by atoms with E-state index in [1.807, 2.05) is 0 Å². The molecule has 1 heterocycles. The summed E-state index contributed by atoms with van der Waals surface area (Å²) in [5.41, 5.74) is 1.02. The van der Waals surface area contributed by atoms with Crippen molar-refractivity contribution in [2.75, 3.05) is 19.5 Å². The first kappa shape index (κ1) is 17.6. The Labute approximate surface area is 152 Å². The molecule has 1 amide bonds. The average molecular weight is 373 g/mol. The molecule has 0 aliphatic carbocycles. The molecule has 0 saturated carbocycles. The lowest BCUT2D eigenvalue weighted by Gasteiger charge is -2.05. The van der Waals surface area contributed by atoms with Gasteiger partial charge in [-0.25, -0.2) is 4.98 Å². The number of thiazole rings is 1. The van der Waals surface area contributed by atoms with E-state index < -0.39 is 10.8 Å². The molecule has 0 spiro atoms. The maximum atomic E-state index is 12.5. The molecule has 1 aromatic heterocycles. The highest BCUT2D eigenvalue weighted by Gasteiger charge is 2.19. The first-order valence-electron chi connectivity index (χ1n) is 7.52. The number of nitro benzene ring substituents is 1. The number of carbonyl (C=O) groups excluding carboxylic acids is 1. The third kappa shape index (κ3) is 3.16. The van der Waals surface area contributed by atoms with Crippen molar-refractivity contribution in [3.63, 3.8) is 0 Å². The van der Waals surface area contributed by atoms with Crippen molar-refractivity contribution in [2.24, 2.45) is 0 Å². The van der Waals surface area contributed by atoms with E-state index in [2.05, 4.69) is 10.3 Å². The minimum absolute atomic E-state index is 0.103. The number of aromatic nitrogens is 1. The maximum Gasteiger partial charge on any atom is 0.273 e. The number of nitro groups is 1. The average Bonchev–Trinajstić information content (AvgIpc) is 3.02. The summed E-state index contributed by atoms with van der Waals surface area (Å²) < 4.78 is 11.3. The first-order valence-corrected chi connectivity index (χ1v) is 8.34. The van der Waals surface area contributed by atoms with E-state index in [1.54, 1.807) is 26.2 Å². The number of rotatable bonds is 5. The standard InChI is InChI=1S/C17H15N3O5S/c1-9-11(5-4-6-12(9)20(22)23)16(21)19-17-18-15-13(25-3)7-10(24-2)8-14(15)26-17/h4-8H,1-3H3,(H,18,19,21). The van der Waals surface area contributed by atoms with Gasteiger partial charge in [-0.2, -0.15) is 0 Å². The van der Waals surface area contributed by atoms with Gasteiger partial charge in [0, 0.05) is 23.3 Å². The number of nitrogens with one attached hydrogen (secondary N) is 1. The number of hydrogen-bond acceptors (Lipinski definition) is 7. The van der Waals surface area contributed by atoms with Crippen LogP contribution in [-0.4, -0.2) is 30.0 Å². The molecule has 0 bridgehead atoms. The van der Waals surface area contributed by atoms with Crippen LogP contribution in [0, 0.1) is 17.0 Å².